The minimum Gasteiger partial charge on any atom is -0.465 e. The quantitative estimate of drug-likeness (QED) is 0.592. The molecule has 6 heteroatoms. The summed E-state index contributed by atoms with van der Waals surface area (Å²) in [6.07, 6.45) is -1.09. The van der Waals surface area contributed by atoms with Crippen LogP contribution in [0.3, 0.4) is 0 Å². The Hall–Kier alpha value is -0.203. The van der Waals surface area contributed by atoms with E-state index < -0.39 is 19.9 Å². The van der Waals surface area contributed by atoms with Crippen LogP contribution in [0.4, 0.5) is 4.79 Å². The van der Waals surface area contributed by atoms with Gasteiger partial charge >= 0.3 is 6.09 Å². The maximum atomic E-state index is 11.4. The molecule has 0 aliphatic heterocycles. The largest absolute Gasteiger partial charge is 0.465 e. The van der Waals surface area contributed by atoms with E-state index in [2.05, 4.69) is 46.5 Å². The lowest BCUT2D eigenvalue weighted by molar-refractivity contribution is 0.0669. The van der Waals surface area contributed by atoms with Gasteiger partial charge in [0.05, 0.1) is 12.6 Å². The molecule has 0 rings (SSSR count). The maximum absolute atomic E-state index is 11.4. The number of hydrogen-bond donors (Lipinski definition) is 2. The zero-order valence-corrected chi connectivity index (χ0v) is 16.0. The van der Waals surface area contributed by atoms with Crippen molar-refractivity contribution in [2.75, 3.05) is 12.3 Å². The average molecular weight is 322 g/mol. The number of rotatable bonds is 5. The molecule has 1 N–H and O–H groups in total. The Morgan fingerprint density at radius 2 is 1.70 bits per heavy atom. The van der Waals surface area contributed by atoms with Gasteiger partial charge in [0.15, 0.2) is 8.32 Å². The lowest BCUT2D eigenvalue weighted by Gasteiger charge is -2.42. The number of amides is 1. The topological polar surface area (TPSA) is 49.8 Å². The summed E-state index contributed by atoms with van der Waals surface area (Å²) in [5.74, 6) is 0.520. The first-order valence-corrected chi connectivity index (χ1v) is 10.6. The van der Waals surface area contributed by atoms with Crippen LogP contribution in [-0.4, -0.2) is 48.4 Å². The molecule has 0 heterocycles. The van der Waals surface area contributed by atoms with Crippen molar-refractivity contribution in [2.45, 2.75) is 71.3 Å². The predicted molar refractivity (Wildman–Crippen MR) is 90.4 cm³/mol. The van der Waals surface area contributed by atoms with Crippen molar-refractivity contribution in [1.29, 1.82) is 0 Å². The standard InChI is InChI=1S/C14H31NO3SSi/c1-13(2,3)15(12(16)17)9-11(10-19)18-20(7,8)14(4,5)6/h11,19H,9-10H2,1-8H3,(H,16,17). The van der Waals surface area contributed by atoms with E-state index in [1.54, 1.807) is 0 Å². The van der Waals surface area contributed by atoms with Gasteiger partial charge in [-0.15, -0.1) is 0 Å². The van der Waals surface area contributed by atoms with Gasteiger partial charge in [-0.05, 0) is 38.9 Å². The molecule has 4 nitrogen and oxygen atoms in total. The fraction of sp³-hybridized carbons (Fsp3) is 0.929. The molecule has 0 saturated carbocycles. The van der Waals surface area contributed by atoms with Gasteiger partial charge in [-0.1, -0.05) is 20.8 Å². The predicted octanol–water partition coefficient (Wildman–Crippen LogP) is 4.09. The van der Waals surface area contributed by atoms with Crippen LogP contribution in [0.5, 0.6) is 0 Å². The molecular weight excluding hydrogens is 290 g/mol. The molecule has 0 aromatic heterocycles. The van der Waals surface area contributed by atoms with E-state index >= 15 is 0 Å². The molecule has 0 saturated heterocycles. The van der Waals surface area contributed by atoms with E-state index in [0.717, 1.165) is 0 Å². The third-order valence-corrected chi connectivity index (χ3v) is 8.84. The van der Waals surface area contributed by atoms with Gasteiger partial charge in [-0.25, -0.2) is 4.79 Å². The number of carboxylic acid groups (broad SMARTS) is 1. The van der Waals surface area contributed by atoms with Gasteiger partial charge < -0.3 is 14.4 Å². The van der Waals surface area contributed by atoms with Crippen molar-refractivity contribution in [2.24, 2.45) is 0 Å². The molecule has 0 aliphatic carbocycles. The lowest BCUT2D eigenvalue weighted by Crippen LogP contribution is -2.52. The first kappa shape index (κ1) is 19.8. The molecular formula is C14H31NO3SSi. The van der Waals surface area contributed by atoms with Crippen LogP contribution in [0, 0.1) is 0 Å². The fourth-order valence-electron chi connectivity index (χ4n) is 1.57. The molecule has 0 radical (unpaired) electrons. The van der Waals surface area contributed by atoms with Gasteiger partial charge in [-0.2, -0.15) is 12.6 Å². The van der Waals surface area contributed by atoms with Gasteiger partial charge in [-0.3, -0.25) is 0 Å². The normalized spacial score (nSPS) is 15.1. The molecule has 1 amide bonds. The van der Waals surface area contributed by atoms with E-state index in [1.807, 2.05) is 20.8 Å². The van der Waals surface area contributed by atoms with Gasteiger partial charge in [0, 0.05) is 11.3 Å². The van der Waals surface area contributed by atoms with E-state index in [4.69, 9.17) is 4.43 Å². The second-order valence-corrected chi connectivity index (χ2v) is 12.9. The number of hydrogen-bond acceptors (Lipinski definition) is 3. The Kier molecular flexibility index (Phi) is 6.64. The molecule has 0 bridgehead atoms. The zero-order valence-electron chi connectivity index (χ0n) is 14.1. The number of thiol groups is 1. The van der Waals surface area contributed by atoms with Crippen LogP contribution in [0.25, 0.3) is 0 Å². The Morgan fingerprint density at radius 3 is 1.95 bits per heavy atom. The van der Waals surface area contributed by atoms with E-state index in [-0.39, 0.29) is 11.1 Å². The van der Waals surface area contributed by atoms with Crippen molar-refractivity contribution >= 4 is 27.0 Å². The summed E-state index contributed by atoms with van der Waals surface area (Å²) in [4.78, 5) is 12.8. The SMILES string of the molecule is CC(C)(C)N(CC(CS)O[Si](C)(C)C(C)(C)C)C(=O)O. The lowest BCUT2D eigenvalue weighted by atomic mass is 10.1. The summed E-state index contributed by atoms with van der Waals surface area (Å²) < 4.78 is 6.28. The molecule has 0 fully saturated rings. The van der Waals surface area contributed by atoms with Crippen molar-refractivity contribution in [1.82, 2.24) is 4.90 Å². The summed E-state index contributed by atoms with van der Waals surface area (Å²) >= 11 is 4.34. The van der Waals surface area contributed by atoms with Crippen molar-refractivity contribution in [3.63, 3.8) is 0 Å². The van der Waals surface area contributed by atoms with E-state index in [9.17, 15) is 9.90 Å². The van der Waals surface area contributed by atoms with Crippen molar-refractivity contribution in [3.05, 3.63) is 0 Å². The monoisotopic (exact) mass is 321 g/mol. The minimum atomic E-state index is -1.92. The number of nitrogens with zero attached hydrogens (tertiary/aromatic N) is 1. The third-order valence-electron chi connectivity index (χ3n) is 3.90. The Bertz CT molecular complexity index is 334. The minimum absolute atomic E-state index is 0.101. The molecule has 1 atom stereocenters. The summed E-state index contributed by atoms with van der Waals surface area (Å²) in [5, 5.41) is 9.47. The third kappa shape index (κ3) is 5.66. The van der Waals surface area contributed by atoms with Gasteiger partial charge in [0.25, 0.3) is 0 Å². The summed E-state index contributed by atoms with van der Waals surface area (Å²) in [6, 6.07) is 0. The van der Waals surface area contributed by atoms with Crippen LogP contribution >= 0.6 is 12.6 Å². The summed E-state index contributed by atoms with van der Waals surface area (Å²) in [5.41, 5.74) is -0.441. The van der Waals surface area contributed by atoms with Crippen LogP contribution in [0.2, 0.25) is 18.1 Å². The van der Waals surface area contributed by atoms with E-state index in [0.29, 0.717) is 12.3 Å². The smallest absolute Gasteiger partial charge is 0.407 e. The zero-order chi connectivity index (χ0) is 16.4. The Morgan fingerprint density at radius 1 is 1.25 bits per heavy atom. The molecule has 20 heavy (non-hydrogen) atoms. The highest BCUT2D eigenvalue weighted by atomic mass is 32.1. The molecule has 0 aromatic carbocycles. The highest BCUT2D eigenvalue weighted by Crippen LogP contribution is 2.37. The van der Waals surface area contributed by atoms with Gasteiger partial charge in [0.1, 0.15) is 0 Å². The van der Waals surface area contributed by atoms with Crippen molar-refractivity contribution in [3.8, 4) is 0 Å². The second kappa shape index (κ2) is 6.71. The van der Waals surface area contributed by atoms with Crippen LogP contribution in [0.1, 0.15) is 41.5 Å². The summed E-state index contributed by atoms with van der Waals surface area (Å²) in [6.45, 7) is 16.9. The highest BCUT2D eigenvalue weighted by molar-refractivity contribution is 7.80. The highest BCUT2D eigenvalue weighted by Gasteiger charge is 2.40. The maximum Gasteiger partial charge on any atom is 0.407 e. The first-order chi connectivity index (χ1) is 8.72. The molecule has 0 aliphatic rings. The Labute approximate surface area is 130 Å². The molecule has 0 spiro atoms. The second-order valence-electron chi connectivity index (χ2n) is 7.75. The van der Waals surface area contributed by atoms with Crippen LogP contribution in [0.15, 0.2) is 0 Å². The van der Waals surface area contributed by atoms with Crippen LogP contribution in [-0.2, 0) is 4.43 Å². The molecule has 0 aromatic rings. The molecule has 1 unspecified atom stereocenters. The van der Waals surface area contributed by atoms with E-state index in [1.165, 1.54) is 4.90 Å². The van der Waals surface area contributed by atoms with Gasteiger partial charge in [0.2, 0.25) is 0 Å². The van der Waals surface area contributed by atoms with Crippen LogP contribution < -0.4 is 0 Å². The number of carbonyl (C=O) groups is 1. The summed E-state index contributed by atoms with van der Waals surface area (Å²) in [7, 11) is -1.92. The first-order valence-electron chi connectivity index (χ1n) is 7.01. The molecule has 120 valence electrons. The average Bonchev–Trinajstić information content (AvgIpc) is 2.19. The van der Waals surface area contributed by atoms with Crippen molar-refractivity contribution < 1.29 is 14.3 Å². The Balaban J connectivity index is 4.99. The fourth-order valence-corrected chi connectivity index (χ4v) is 3.24.